The van der Waals surface area contributed by atoms with E-state index in [2.05, 4.69) is 5.32 Å². The molecule has 1 aromatic carbocycles. The van der Waals surface area contributed by atoms with E-state index in [1.54, 1.807) is 7.11 Å². The molecule has 1 saturated carbocycles. The van der Waals surface area contributed by atoms with Crippen molar-refractivity contribution in [2.45, 2.75) is 62.8 Å². The number of Topliss-reactive ketones (excluding diaryl/α,β-unsaturated/α-hetero) is 1. The highest BCUT2D eigenvalue weighted by molar-refractivity contribution is 5.93. The Morgan fingerprint density at radius 3 is 2.52 bits per heavy atom. The first-order chi connectivity index (χ1) is 11.1. The molecule has 1 aliphatic carbocycles. The summed E-state index contributed by atoms with van der Waals surface area (Å²) in [6, 6.07) is 10.1. The van der Waals surface area contributed by atoms with E-state index in [0.717, 1.165) is 18.4 Å². The Bertz CT molecular complexity index is 527. The van der Waals surface area contributed by atoms with Crippen molar-refractivity contribution < 1.29 is 14.3 Å². The maximum absolute atomic E-state index is 13.1. The number of ether oxygens (including phenoxy) is 2. The molecule has 3 unspecified atom stereocenters. The molecule has 126 valence electrons. The molecule has 1 saturated heterocycles. The van der Waals surface area contributed by atoms with E-state index in [-0.39, 0.29) is 17.9 Å². The fourth-order valence-corrected chi connectivity index (χ4v) is 3.66. The van der Waals surface area contributed by atoms with Crippen LogP contribution < -0.4 is 5.32 Å². The highest BCUT2D eigenvalue weighted by atomic mass is 16.5. The summed E-state index contributed by atoms with van der Waals surface area (Å²) in [5.74, 6) is 0.102. The van der Waals surface area contributed by atoms with E-state index < -0.39 is 5.60 Å². The summed E-state index contributed by atoms with van der Waals surface area (Å²) in [5.41, 5.74) is 0.185. The van der Waals surface area contributed by atoms with E-state index in [1.165, 1.54) is 19.3 Å². The molecule has 1 aliphatic heterocycles. The van der Waals surface area contributed by atoms with Crippen LogP contribution in [0.4, 0.5) is 0 Å². The van der Waals surface area contributed by atoms with Gasteiger partial charge in [-0.3, -0.25) is 4.79 Å². The molecule has 0 bridgehead atoms. The Labute approximate surface area is 138 Å². The van der Waals surface area contributed by atoms with Crippen LogP contribution >= 0.6 is 0 Å². The molecular weight excluding hydrogens is 290 g/mol. The van der Waals surface area contributed by atoms with Crippen LogP contribution in [0.5, 0.6) is 0 Å². The first-order valence-electron chi connectivity index (χ1n) is 8.66. The molecule has 0 amide bonds. The highest BCUT2D eigenvalue weighted by Gasteiger charge is 2.48. The van der Waals surface area contributed by atoms with E-state index in [1.807, 2.05) is 37.3 Å². The number of hydrogen-bond donors (Lipinski definition) is 1. The molecule has 2 aliphatic rings. The van der Waals surface area contributed by atoms with Crippen molar-refractivity contribution in [2.75, 3.05) is 13.7 Å². The van der Waals surface area contributed by atoms with Crippen LogP contribution in [0.25, 0.3) is 0 Å². The first kappa shape index (κ1) is 16.6. The van der Waals surface area contributed by atoms with Crippen molar-refractivity contribution in [3.05, 3.63) is 35.9 Å². The van der Waals surface area contributed by atoms with Crippen LogP contribution in [0, 0.1) is 0 Å². The average molecular weight is 317 g/mol. The summed E-state index contributed by atoms with van der Waals surface area (Å²) in [4.78, 5) is 13.1. The van der Waals surface area contributed by atoms with Gasteiger partial charge in [-0.1, -0.05) is 49.6 Å². The van der Waals surface area contributed by atoms with Gasteiger partial charge < -0.3 is 14.8 Å². The molecule has 4 nitrogen and oxygen atoms in total. The Balaban J connectivity index is 1.84. The monoisotopic (exact) mass is 317 g/mol. The summed E-state index contributed by atoms with van der Waals surface area (Å²) in [6.45, 7) is 2.12. The number of benzene rings is 1. The fraction of sp³-hybridized carbons (Fsp3) is 0.632. The van der Waals surface area contributed by atoms with Crippen molar-refractivity contribution >= 4 is 5.78 Å². The summed E-state index contributed by atoms with van der Waals surface area (Å²) in [7, 11) is 1.59. The van der Waals surface area contributed by atoms with Gasteiger partial charge in [-0.05, 0) is 25.3 Å². The summed E-state index contributed by atoms with van der Waals surface area (Å²) < 4.78 is 11.6. The minimum atomic E-state index is -0.863. The van der Waals surface area contributed by atoms with Crippen LogP contribution in [0.1, 0.15) is 50.7 Å². The molecular formula is C19H27NO3. The Kier molecular flexibility index (Phi) is 5.14. The molecule has 1 heterocycles. The van der Waals surface area contributed by atoms with E-state index in [0.29, 0.717) is 12.6 Å². The zero-order chi connectivity index (χ0) is 16.3. The summed E-state index contributed by atoms with van der Waals surface area (Å²) in [5, 5.41) is 3.59. The number of carbonyl (C=O) groups excluding carboxylic acids is 1. The molecule has 0 aromatic heterocycles. The van der Waals surface area contributed by atoms with Gasteiger partial charge in [0, 0.05) is 13.2 Å². The van der Waals surface area contributed by atoms with Crippen molar-refractivity contribution in [2.24, 2.45) is 0 Å². The molecule has 0 radical (unpaired) electrons. The topological polar surface area (TPSA) is 47.6 Å². The van der Waals surface area contributed by atoms with Gasteiger partial charge in [-0.25, -0.2) is 0 Å². The van der Waals surface area contributed by atoms with E-state index in [9.17, 15) is 4.79 Å². The van der Waals surface area contributed by atoms with Gasteiger partial charge in [0.25, 0.3) is 0 Å². The Hall–Kier alpha value is -1.23. The number of carbonyl (C=O) groups is 1. The zero-order valence-electron chi connectivity index (χ0n) is 14.1. The van der Waals surface area contributed by atoms with Gasteiger partial charge >= 0.3 is 0 Å². The third-order valence-corrected chi connectivity index (χ3v) is 5.24. The molecule has 0 spiro atoms. The van der Waals surface area contributed by atoms with Crippen LogP contribution in [-0.4, -0.2) is 37.2 Å². The second-order valence-electron chi connectivity index (χ2n) is 6.92. The Morgan fingerprint density at radius 1 is 1.17 bits per heavy atom. The van der Waals surface area contributed by atoms with Crippen molar-refractivity contribution in [3.8, 4) is 0 Å². The van der Waals surface area contributed by atoms with E-state index in [4.69, 9.17) is 9.47 Å². The fourth-order valence-electron chi connectivity index (χ4n) is 3.66. The number of methoxy groups -OCH3 is 1. The second kappa shape index (κ2) is 7.12. The third-order valence-electron chi connectivity index (χ3n) is 5.24. The SMILES string of the molecule is COC1(C)COC(c2ccccc2)C(NC2CCCCC2)C1=O. The second-order valence-corrected chi connectivity index (χ2v) is 6.92. The predicted octanol–water partition coefficient (Wildman–Crippen LogP) is 3.02. The molecule has 3 atom stereocenters. The lowest BCUT2D eigenvalue weighted by Crippen LogP contribution is -2.61. The van der Waals surface area contributed by atoms with Crippen molar-refractivity contribution in [1.82, 2.24) is 5.32 Å². The Morgan fingerprint density at radius 2 is 1.87 bits per heavy atom. The van der Waals surface area contributed by atoms with Crippen molar-refractivity contribution in [1.29, 1.82) is 0 Å². The lowest BCUT2D eigenvalue weighted by Gasteiger charge is -2.42. The van der Waals surface area contributed by atoms with Gasteiger partial charge in [-0.2, -0.15) is 0 Å². The van der Waals surface area contributed by atoms with Gasteiger partial charge in [0.1, 0.15) is 17.7 Å². The van der Waals surface area contributed by atoms with Crippen LogP contribution in [-0.2, 0) is 14.3 Å². The minimum Gasteiger partial charge on any atom is -0.368 e. The first-order valence-corrected chi connectivity index (χ1v) is 8.66. The lowest BCUT2D eigenvalue weighted by molar-refractivity contribution is -0.172. The van der Waals surface area contributed by atoms with Crippen LogP contribution in [0.2, 0.25) is 0 Å². The predicted molar refractivity (Wildman–Crippen MR) is 89.4 cm³/mol. The summed E-state index contributed by atoms with van der Waals surface area (Å²) in [6.07, 6.45) is 5.79. The van der Waals surface area contributed by atoms with Crippen LogP contribution in [0.15, 0.2) is 30.3 Å². The minimum absolute atomic E-state index is 0.102. The molecule has 3 rings (SSSR count). The largest absolute Gasteiger partial charge is 0.368 e. The molecule has 23 heavy (non-hydrogen) atoms. The maximum atomic E-state index is 13.1. The quantitative estimate of drug-likeness (QED) is 0.927. The summed E-state index contributed by atoms with van der Waals surface area (Å²) >= 11 is 0. The normalized spacial score (nSPS) is 32.9. The van der Waals surface area contributed by atoms with Gasteiger partial charge in [0.15, 0.2) is 5.78 Å². The average Bonchev–Trinajstić information content (AvgIpc) is 2.61. The van der Waals surface area contributed by atoms with Crippen LogP contribution in [0.3, 0.4) is 0 Å². The van der Waals surface area contributed by atoms with Gasteiger partial charge in [0.05, 0.1) is 6.61 Å². The standard InChI is InChI=1S/C19H27NO3/c1-19(22-2)13-23-17(14-9-5-3-6-10-14)16(18(19)21)20-15-11-7-4-8-12-15/h3,5-6,9-10,15-17,20H,4,7-8,11-13H2,1-2H3. The molecule has 2 fully saturated rings. The van der Waals surface area contributed by atoms with E-state index >= 15 is 0 Å². The van der Waals surface area contributed by atoms with Gasteiger partial charge in [0.2, 0.25) is 0 Å². The number of hydrogen-bond acceptors (Lipinski definition) is 4. The maximum Gasteiger partial charge on any atom is 0.186 e. The smallest absolute Gasteiger partial charge is 0.186 e. The molecule has 1 N–H and O–H groups in total. The third kappa shape index (κ3) is 3.49. The highest BCUT2D eigenvalue weighted by Crippen LogP contribution is 2.33. The lowest BCUT2D eigenvalue weighted by atomic mass is 9.85. The number of nitrogens with one attached hydrogen (secondary N) is 1. The van der Waals surface area contributed by atoms with Crippen molar-refractivity contribution in [3.63, 3.8) is 0 Å². The number of ketones is 1. The number of rotatable bonds is 4. The zero-order valence-corrected chi connectivity index (χ0v) is 14.1. The molecule has 1 aromatic rings. The van der Waals surface area contributed by atoms with Gasteiger partial charge in [-0.15, -0.1) is 0 Å². The molecule has 4 heteroatoms.